The molecule has 0 radical (unpaired) electrons. The normalized spacial score (nSPS) is 25.6. The van der Waals surface area contributed by atoms with E-state index in [1.807, 2.05) is 4.90 Å². The molecule has 0 aliphatic carbocycles. The molecule has 1 aromatic heterocycles. The van der Waals surface area contributed by atoms with Crippen molar-refractivity contribution >= 4 is 11.7 Å². The molecule has 2 aliphatic heterocycles. The molecule has 2 unspecified atom stereocenters. The van der Waals surface area contributed by atoms with Gasteiger partial charge in [-0.05, 0) is 22.8 Å². The number of likely N-dealkylation sites (tertiary alicyclic amines) is 1. The fourth-order valence-corrected chi connectivity index (χ4v) is 3.08. The van der Waals surface area contributed by atoms with Crippen molar-refractivity contribution in [1.29, 1.82) is 0 Å². The van der Waals surface area contributed by atoms with Gasteiger partial charge in [-0.25, -0.2) is 4.57 Å². The highest BCUT2D eigenvalue weighted by Gasteiger charge is 2.39. The molecule has 0 spiro atoms. The standard InChI is InChI=1S/C12H16N4O3/c1-14-10(2-3-11(14)16(18)19)12(17)15-6-8-4-13-5-9(8)7-15/h2-3,8-9,13H,4-7H2,1H3. The molecule has 7 nitrogen and oxygen atoms in total. The van der Waals surface area contributed by atoms with Crippen LogP contribution in [0.1, 0.15) is 10.5 Å². The van der Waals surface area contributed by atoms with Gasteiger partial charge in [-0.15, -0.1) is 0 Å². The summed E-state index contributed by atoms with van der Waals surface area (Å²) in [5.74, 6) is 0.896. The second-order valence-corrected chi connectivity index (χ2v) is 5.28. The summed E-state index contributed by atoms with van der Waals surface area (Å²) in [4.78, 5) is 24.5. The molecule has 2 aliphatic rings. The lowest BCUT2D eigenvalue weighted by molar-refractivity contribution is -0.391. The van der Waals surface area contributed by atoms with E-state index in [1.165, 1.54) is 16.7 Å². The Morgan fingerprint density at radius 1 is 1.37 bits per heavy atom. The SMILES string of the molecule is Cn1c(C(=O)N2CC3CNCC3C2)ccc1[N+](=O)[O-]. The molecule has 2 atom stereocenters. The van der Waals surface area contributed by atoms with Crippen LogP contribution in [0, 0.1) is 22.0 Å². The fraction of sp³-hybridized carbons (Fsp3) is 0.583. The number of amides is 1. The van der Waals surface area contributed by atoms with Crippen LogP contribution >= 0.6 is 0 Å². The first kappa shape index (κ1) is 12.2. The molecule has 3 rings (SSSR count). The average Bonchev–Trinajstić information content (AvgIpc) is 3.00. The number of fused-ring (bicyclic) bond motifs is 1. The zero-order valence-electron chi connectivity index (χ0n) is 10.7. The van der Waals surface area contributed by atoms with Crippen molar-refractivity contribution in [3.63, 3.8) is 0 Å². The Kier molecular flexibility index (Phi) is 2.78. The van der Waals surface area contributed by atoms with Gasteiger partial charge in [-0.3, -0.25) is 4.79 Å². The summed E-state index contributed by atoms with van der Waals surface area (Å²) in [6.07, 6.45) is 0. The van der Waals surface area contributed by atoms with Crippen molar-refractivity contribution in [2.24, 2.45) is 18.9 Å². The Morgan fingerprint density at radius 3 is 2.53 bits per heavy atom. The highest BCUT2D eigenvalue weighted by molar-refractivity contribution is 5.93. The van der Waals surface area contributed by atoms with Gasteiger partial charge in [0.2, 0.25) is 0 Å². The van der Waals surface area contributed by atoms with E-state index in [0.717, 1.165) is 26.2 Å². The fourth-order valence-electron chi connectivity index (χ4n) is 3.08. The van der Waals surface area contributed by atoms with E-state index in [0.29, 0.717) is 17.5 Å². The first-order valence-electron chi connectivity index (χ1n) is 6.38. The van der Waals surface area contributed by atoms with Crippen LogP contribution in [-0.2, 0) is 7.05 Å². The number of aromatic nitrogens is 1. The maximum atomic E-state index is 12.4. The smallest absolute Gasteiger partial charge is 0.323 e. The Hall–Kier alpha value is -1.89. The summed E-state index contributed by atoms with van der Waals surface area (Å²) in [7, 11) is 1.56. The van der Waals surface area contributed by atoms with E-state index in [-0.39, 0.29) is 11.7 Å². The number of rotatable bonds is 2. The Balaban J connectivity index is 1.79. The summed E-state index contributed by atoms with van der Waals surface area (Å²) in [6.45, 7) is 3.41. The molecule has 19 heavy (non-hydrogen) atoms. The lowest BCUT2D eigenvalue weighted by Crippen LogP contribution is -2.33. The van der Waals surface area contributed by atoms with Crippen LogP contribution in [0.15, 0.2) is 12.1 Å². The van der Waals surface area contributed by atoms with Crippen LogP contribution in [0.5, 0.6) is 0 Å². The topological polar surface area (TPSA) is 80.4 Å². The largest absolute Gasteiger partial charge is 0.358 e. The number of nitrogens with one attached hydrogen (secondary N) is 1. The molecular formula is C12H16N4O3. The van der Waals surface area contributed by atoms with E-state index >= 15 is 0 Å². The van der Waals surface area contributed by atoms with Crippen LogP contribution in [0.3, 0.4) is 0 Å². The second kappa shape index (κ2) is 4.34. The number of nitrogens with zero attached hydrogens (tertiary/aromatic N) is 3. The lowest BCUT2D eigenvalue weighted by Gasteiger charge is -2.16. The first-order chi connectivity index (χ1) is 9.08. The quantitative estimate of drug-likeness (QED) is 0.612. The predicted molar refractivity (Wildman–Crippen MR) is 67.8 cm³/mol. The van der Waals surface area contributed by atoms with Gasteiger partial charge in [0.1, 0.15) is 0 Å². The molecule has 102 valence electrons. The second-order valence-electron chi connectivity index (χ2n) is 5.28. The minimum atomic E-state index is -0.473. The molecule has 1 amide bonds. The average molecular weight is 264 g/mol. The first-order valence-corrected chi connectivity index (χ1v) is 6.38. The highest BCUT2D eigenvalue weighted by atomic mass is 16.6. The third-order valence-corrected chi connectivity index (χ3v) is 4.18. The van der Waals surface area contributed by atoms with Crippen LogP contribution in [0.25, 0.3) is 0 Å². The molecule has 0 bridgehead atoms. The van der Waals surface area contributed by atoms with Crippen molar-refractivity contribution in [1.82, 2.24) is 14.8 Å². The summed E-state index contributed by atoms with van der Waals surface area (Å²) in [5.41, 5.74) is 0.389. The van der Waals surface area contributed by atoms with Crippen molar-refractivity contribution in [2.45, 2.75) is 0 Å². The van der Waals surface area contributed by atoms with Gasteiger partial charge in [-0.1, -0.05) is 0 Å². The van der Waals surface area contributed by atoms with E-state index in [9.17, 15) is 14.9 Å². The molecule has 7 heteroatoms. The van der Waals surface area contributed by atoms with Gasteiger partial charge >= 0.3 is 5.82 Å². The summed E-state index contributed by atoms with van der Waals surface area (Å²) in [6, 6.07) is 2.92. The van der Waals surface area contributed by atoms with Crippen molar-refractivity contribution in [2.75, 3.05) is 26.2 Å². The molecular weight excluding hydrogens is 248 g/mol. The van der Waals surface area contributed by atoms with Gasteiger partial charge < -0.3 is 20.3 Å². The van der Waals surface area contributed by atoms with Crippen LogP contribution in [-0.4, -0.2) is 46.5 Å². The molecule has 1 N–H and O–H groups in total. The third kappa shape index (κ3) is 1.90. The summed E-state index contributed by atoms with van der Waals surface area (Å²) in [5, 5.41) is 14.1. The van der Waals surface area contributed by atoms with Crippen LogP contribution in [0.2, 0.25) is 0 Å². The Morgan fingerprint density at radius 2 is 2.00 bits per heavy atom. The van der Waals surface area contributed by atoms with Gasteiger partial charge in [0.15, 0.2) is 5.69 Å². The van der Waals surface area contributed by atoms with Crippen molar-refractivity contribution in [3.8, 4) is 0 Å². The molecule has 0 aromatic carbocycles. The van der Waals surface area contributed by atoms with Crippen molar-refractivity contribution in [3.05, 3.63) is 27.9 Å². The van der Waals surface area contributed by atoms with Gasteiger partial charge in [0, 0.05) is 32.2 Å². The maximum Gasteiger partial charge on any atom is 0.323 e. The predicted octanol–water partition coefficient (Wildman–Crippen LogP) is 0.225. The zero-order valence-corrected chi connectivity index (χ0v) is 10.7. The van der Waals surface area contributed by atoms with E-state index in [4.69, 9.17) is 0 Å². The molecule has 0 saturated carbocycles. The Bertz CT molecular complexity index is 527. The molecule has 3 heterocycles. The molecule has 1 aromatic rings. The molecule has 2 fully saturated rings. The summed E-state index contributed by atoms with van der Waals surface area (Å²) >= 11 is 0. The number of hydrogen-bond acceptors (Lipinski definition) is 4. The van der Waals surface area contributed by atoms with Crippen LogP contribution in [0.4, 0.5) is 5.82 Å². The maximum absolute atomic E-state index is 12.4. The minimum Gasteiger partial charge on any atom is -0.358 e. The highest BCUT2D eigenvalue weighted by Crippen LogP contribution is 2.28. The molecule has 2 saturated heterocycles. The van der Waals surface area contributed by atoms with Gasteiger partial charge in [-0.2, -0.15) is 0 Å². The van der Waals surface area contributed by atoms with E-state index in [1.54, 1.807) is 7.05 Å². The van der Waals surface area contributed by atoms with Crippen molar-refractivity contribution < 1.29 is 9.72 Å². The summed E-state index contributed by atoms with van der Waals surface area (Å²) < 4.78 is 1.36. The van der Waals surface area contributed by atoms with Gasteiger partial charge in [0.25, 0.3) is 5.91 Å². The van der Waals surface area contributed by atoms with E-state index < -0.39 is 4.92 Å². The number of carbonyl (C=O) groups is 1. The van der Waals surface area contributed by atoms with Gasteiger partial charge in [0.05, 0.1) is 7.05 Å². The van der Waals surface area contributed by atoms with E-state index in [2.05, 4.69) is 5.32 Å². The zero-order chi connectivity index (χ0) is 13.6. The van der Waals surface area contributed by atoms with Crippen LogP contribution < -0.4 is 5.32 Å². The third-order valence-electron chi connectivity index (χ3n) is 4.18. The lowest BCUT2D eigenvalue weighted by atomic mass is 10.0. The minimum absolute atomic E-state index is 0.0515. The number of hydrogen-bond donors (Lipinski definition) is 1. The monoisotopic (exact) mass is 264 g/mol. The Labute approximate surface area is 110 Å². The number of nitro groups is 1. The number of carbonyl (C=O) groups excluding carboxylic acids is 1.